The summed E-state index contributed by atoms with van der Waals surface area (Å²) in [5.41, 5.74) is 0. The van der Waals surface area contributed by atoms with Crippen molar-refractivity contribution >= 4 is 5.97 Å². The highest BCUT2D eigenvalue weighted by molar-refractivity contribution is 5.73. The molecule has 54 valence electrons. The number of carboxylic acid groups (broad SMARTS) is 1. The number of carbonyl (C=O) groups is 1. The molecule has 2 heteroatoms. The van der Waals surface area contributed by atoms with Crippen LogP contribution in [0, 0.1) is 29.6 Å². The van der Waals surface area contributed by atoms with Crippen LogP contribution in [0.2, 0.25) is 0 Å². The Kier molecular flexibility index (Phi) is 0.644. The molecule has 2 nitrogen and oxygen atoms in total. The molecule has 3 saturated carbocycles. The van der Waals surface area contributed by atoms with E-state index in [4.69, 9.17) is 5.11 Å². The van der Waals surface area contributed by atoms with Crippen LogP contribution < -0.4 is 0 Å². The van der Waals surface area contributed by atoms with Gasteiger partial charge >= 0.3 is 5.97 Å². The summed E-state index contributed by atoms with van der Waals surface area (Å²) in [6.45, 7) is 0. The number of carboxylic acids is 1. The Balaban J connectivity index is 1.91. The van der Waals surface area contributed by atoms with Crippen LogP contribution in [0.5, 0.6) is 0 Å². The predicted octanol–water partition coefficient (Wildman–Crippen LogP) is 0.973. The van der Waals surface area contributed by atoms with Gasteiger partial charge < -0.3 is 5.11 Å². The van der Waals surface area contributed by atoms with Gasteiger partial charge in [0.05, 0.1) is 5.92 Å². The highest BCUT2D eigenvalue weighted by atomic mass is 16.4. The van der Waals surface area contributed by atoms with Crippen molar-refractivity contribution in [1.29, 1.82) is 0 Å². The third kappa shape index (κ3) is 0.414. The first-order valence-corrected chi connectivity index (χ1v) is 4.02. The van der Waals surface area contributed by atoms with E-state index in [1.54, 1.807) is 0 Å². The van der Waals surface area contributed by atoms with Gasteiger partial charge in [-0.3, -0.25) is 4.79 Å². The van der Waals surface area contributed by atoms with Crippen LogP contribution in [-0.2, 0) is 4.79 Å². The van der Waals surface area contributed by atoms with Crippen LogP contribution in [0.3, 0.4) is 0 Å². The molecule has 4 atom stereocenters. The predicted molar refractivity (Wildman–Crippen MR) is 34.3 cm³/mol. The van der Waals surface area contributed by atoms with E-state index in [1.165, 1.54) is 12.8 Å². The minimum atomic E-state index is -0.530. The first kappa shape index (κ1) is 5.16. The summed E-state index contributed by atoms with van der Waals surface area (Å²) in [4.78, 5) is 10.7. The molecule has 0 amide bonds. The Hall–Kier alpha value is -0.530. The summed E-state index contributed by atoms with van der Waals surface area (Å²) in [6, 6.07) is 0. The van der Waals surface area contributed by atoms with E-state index in [1.807, 2.05) is 0 Å². The van der Waals surface area contributed by atoms with Crippen molar-refractivity contribution in [3.63, 3.8) is 0 Å². The lowest BCUT2D eigenvalue weighted by atomic mass is 10.0. The number of fused-ring (bicyclic) bond motifs is 3. The van der Waals surface area contributed by atoms with Crippen LogP contribution in [0.1, 0.15) is 12.8 Å². The molecule has 0 heterocycles. The maximum Gasteiger partial charge on any atom is 0.307 e. The zero-order chi connectivity index (χ0) is 6.88. The van der Waals surface area contributed by atoms with Crippen LogP contribution in [-0.4, -0.2) is 11.1 Å². The van der Waals surface area contributed by atoms with Crippen LogP contribution in [0.4, 0.5) is 0 Å². The maximum atomic E-state index is 10.7. The van der Waals surface area contributed by atoms with Crippen molar-refractivity contribution in [2.45, 2.75) is 12.8 Å². The van der Waals surface area contributed by atoms with Crippen molar-refractivity contribution in [3.05, 3.63) is 0 Å². The normalized spacial score (nSPS) is 61.0. The number of hydrogen-bond donors (Lipinski definition) is 1. The van der Waals surface area contributed by atoms with Gasteiger partial charge in [0.2, 0.25) is 0 Å². The molecule has 3 fully saturated rings. The molecule has 0 bridgehead atoms. The molecule has 1 N–H and O–H groups in total. The minimum absolute atomic E-state index is 0.0648. The van der Waals surface area contributed by atoms with Crippen molar-refractivity contribution in [3.8, 4) is 0 Å². The minimum Gasteiger partial charge on any atom is -0.481 e. The molecule has 0 aliphatic heterocycles. The van der Waals surface area contributed by atoms with Gasteiger partial charge in [-0.05, 0) is 36.5 Å². The van der Waals surface area contributed by atoms with Crippen LogP contribution >= 0.6 is 0 Å². The van der Waals surface area contributed by atoms with Gasteiger partial charge in [0.1, 0.15) is 0 Å². The van der Waals surface area contributed by atoms with Gasteiger partial charge in [-0.2, -0.15) is 0 Å². The Bertz CT molecular complexity index is 195. The molecule has 0 aromatic carbocycles. The summed E-state index contributed by atoms with van der Waals surface area (Å²) in [5.74, 6) is 2.41. The van der Waals surface area contributed by atoms with Gasteiger partial charge in [0, 0.05) is 0 Å². The Morgan fingerprint density at radius 2 is 1.60 bits per heavy atom. The monoisotopic (exact) mass is 138 g/mol. The molecule has 0 radical (unpaired) electrons. The van der Waals surface area contributed by atoms with Crippen molar-refractivity contribution in [2.24, 2.45) is 29.6 Å². The molecular formula is C8H10O2. The average Bonchev–Trinajstić information content (AvgIpc) is 2.66. The number of rotatable bonds is 1. The quantitative estimate of drug-likeness (QED) is 0.586. The van der Waals surface area contributed by atoms with Gasteiger partial charge in [-0.25, -0.2) is 0 Å². The molecule has 3 aliphatic carbocycles. The van der Waals surface area contributed by atoms with E-state index < -0.39 is 5.97 Å². The van der Waals surface area contributed by atoms with Crippen molar-refractivity contribution < 1.29 is 9.90 Å². The molecule has 4 unspecified atom stereocenters. The fourth-order valence-electron chi connectivity index (χ4n) is 2.97. The largest absolute Gasteiger partial charge is 0.481 e. The molecule has 0 aromatic heterocycles. The van der Waals surface area contributed by atoms with E-state index in [-0.39, 0.29) is 5.92 Å². The third-order valence-electron chi connectivity index (χ3n) is 3.54. The van der Waals surface area contributed by atoms with Crippen LogP contribution in [0.25, 0.3) is 0 Å². The Labute approximate surface area is 59.2 Å². The highest BCUT2D eigenvalue weighted by Crippen LogP contribution is 2.72. The smallest absolute Gasteiger partial charge is 0.307 e. The van der Waals surface area contributed by atoms with E-state index in [2.05, 4.69) is 0 Å². The van der Waals surface area contributed by atoms with E-state index in [0.29, 0.717) is 11.8 Å². The molecule has 0 aromatic rings. The summed E-state index contributed by atoms with van der Waals surface area (Å²) < 4.78 is 0. The second-order valence-electron chi connectivity index (χ2n) is 3.99. The van der Waals surface area contributed by atoms with Crippen LogP contribution in [0.15, 0.2) is 0 Å². The lowest BCUT2D eigenvalue weighted by Gasteiger charge is -2.04. The van der Waals surface area contributed by atoms with Gasteiger partial charge in [-0.1, -0.05) is 0 Å². The average molecular weight is 138 g/mol. The second-order valence-corrected chi connectivity index (χ2v) is 3.99. The molecular weight excluding hydrogens is 128 g/mol. The third-order valence-corrected chi connectivity index (χ3v) is 3.54. The van der Waals surface area contributed by atoms with Crippen molar-refractivity contribution in [2.75, 3.05) is 0 Å². The van der Waals surface area contributed by atoms with Gasteiger partial charge in [0.25, 0.3) is 0 Å². The molecule has 0 saturated heterocycles. The Morgan fingerprint density at radius 3 is 1.90 bits per heavy atom. The molecule has 10 heavy (non-hydrogen) atoms. The fraction of sp³-hybridized carbons (Fsp3) is 0.875. The SMILES string of the molecule is O=C(O)C1C2CC2C2CC21. The first-order valence-electron chi connectivity index (χ1n) is 4.02. The van der Waals surface area contributed by atoms with E-state index >= 15 is 0 Å². The molecule has 3 rings (SSSR count). The van der Waals surface area contributed by atoms with Gasteiger partial charge in [-0.15, -0.1) is 0 Å². The van der Waals surface area contributed by atoms with Gasteiger partial charge in [0.15, 0.2) is 0 Å². The van der Waals surface area contributed by atoms with E-state index in [9.17, 15) is 4.79 Å². The summed E-state index contributed by atoms with van der Waals surface area (Å²) in [5, 5.41) is 8.81. The van der Waals surface area contributed by atoms with E-state index in [0.717, 1.165) is 11.8 Å². The Morgan fingerprint density at radius 1 is 1.10 bits per heavy atom. The topological polar surface area (TPSA) is 37.3 Å². The highest BCUT2D eigenvalue weighted by Gasteiger charge is 2.69. The number of aliphatic carboxylic acids is 1. The number of hydrogen-bond acceptors (Lipinski definition) is 1. The second kappa shape index (κ2) is 1.25. The first-order chi connectivity index (χ1) is 4.79. The summed E-state index contributed by atoms with van der Waals surface area (Å²) >= 11 is 0. The molecule has 0 spiro atoms. The maximum absolute atomic E-state index is 10.7. The molecule has 3 aliphatic rings. The fourth-order valence-corrected chi connectivity index (χ4v) is 2.97. The zero-order valence-electron chi connectivity index (χ0n) is 5.66. The lowest BCUT2D eigenvalue weighted by molar-refractivity contribution is -0.142. The summed E-state index contributed by atoms with van der Waals surface area (Å²) in [6.07, 6.45) is 2.44. The lowest BCUT2D eigenvalue weighted by Crippen LogP contribution is -2.16. The summed E-state index contributed by atoms with van der Waals surface area (Å²) in [7, 11) is 0. The standard InChI is InChI=1S/C8H10O2/c9-8(10)7-5-1-3(5)4-2-6(4)7/h3-7H,1-2H2,(H,9,10). The zero-order valence-corrected chi connectivity index (χ0v) is 5.66. The van der Waals surface area contributed by atoms with Crippen molar-refractivity contribution in [1.82, 2.24) is 0 Å².